The van der Waals surface area contributed by atoms with Crippen LogP contribution in [0, 0.1) is 19.8 Å². The van der Waals surface area contributed by atoms with E-state index >= 15 is 0 Å². The number of halogens is 2. The van der Waals surface area contributed by atoms with Crippen molar-refractivity contribution in [1.82, 2.24) is 0 Å². The number of hydrogen-bond donors (Lipinski definition) is 0. The fraction of sp³-hybridized carbons (Fsp3) is 0.647. The zero-order valence-electron chi connectivity index (χ0n) is 12.0. The van der Waals surface area contributed by atoms with Crippen LogP contribution >= 0.6 is 23.2 Å². The van der Waals surface area contributed by atoms with Crippen LogP contribution in [0.5, 0.6) is 0 Å². The summed E-state index contributed by atoms with van der Waals surface area (Å²) in [6, 6.07) is 4.25. The first-order valence-corrected chi connectivity index (χ1v) is 8.31. The van der Waals surface area contributed by atoms with E-state index in [4.69, 9.17) is 23.2 Å². The highest BCUT2D eigenvalue weighted by Gasteiger charge is 2.23. The first kappa shape index (κ1) is 15.2. The molecule has 1 unspecified atom stereocenters. The SMILES string of the molecule is Cc1cc(C(Cl)C2CCCCCCC2)c(C)cc1Cl. The average molecular weight is 299 g/mol. The third-order valence-corrected chi connectivity index (χ3v) is 5.41. The van der Waals surface area contributed by atoms with Gasteiger partial charge in [0.15, 0.2) is 0 Å². The second-order valence-electron chi connectivity index (χ2n) is 5.96. The Balaban J connectivity index is 2.17. The highest BCUT2D eigenvalue weighted by molar-refractivity contribution is 6.31. The van der Waals surface area contributed by atoms with Crippen LogP contribution in [0.2, 0.25) is 5.02 Å². The van der Waals surface area contributed by atoms with Gasteiger partial charge in [0.1, 0.15) is 0 Å². The summed E-state index contributed by atoms with van der Waals surface area (Å²) < 4.78 is 0. The van der Waals surface area contributed by atoms with Crippen molar-refractivity contribution >= 4 is 23.2 Å². The van der Waals surface area contributed by atoms with Crippen molar-refractivity contribution in [3.8, 4) is 0 Å². The van der Waals surface area contributed by atoms with Gasteiger partial charge >= 0.3 is 0 Å². The Morgan fingerprint density at radius 3 is 2.16 bits per heavy atom. The lowest BCUT2D eigenvalue weighted by Gasteiger charge is -2.26. The molecule has 0 nitrogen and oxygen atoms in total. The van der Waals surface area contributed by atoms with Crippen molar-refractivity contribution in [2.75, 3.05) is 0 Å². The summed E-state index contributed by atoms with van der Waals surface area (Å²) in [6.45, 7) is 4.19. The number of benzene rings is 1. The molecule has 1 aliphatic carbocycles. The lowest BCUT2D eigenvalue weighted by molar-refractivity contribution is 0.368. The van der Waals surface area contributed by atoms with Gasteiger partial charge in [-0.25, -0.2) is 0 Å². The minimum Gasteiger partial charge on any atom is -0.118 e. The molecule has 0 radical (unpaired) electrons. The Labute approximate surface area is 127 Å². The molecule has 0 amide bonds. The summed E-state index contributed by atoms with van der Waals surface area (Å²) in [5.41, 5.74) is 3.66. The molecule has 0 aliphatic heterocycles. The van der Waals surface area contributed by atoms with Crippen molar-refractivity contribution in [2.45, 2.75) is 64.2 Å². The van der Waals surface area contributed by atoms with Crippen LogP contribution < -0.4 is 0 Å². The zero-order valence-corrected chi connectivity index (χ0v) is 13.5. The monoisotopic (exact) mass is 298 g/mol. The molecule has 1 fully saturated rings. The van der Waals surface area contributed by atoms with E-state index in [2.05, 4.69) is 26.0 Å². The van der Waals surface area contributed by atoms with E-state index < -0.39 is 0 Å². The topological polar surface area (TPSA) is 0 Å². The van der Waals surface area contributed by atoms with Crippen molar-refractivity contribution in [1.29, 1.82) is 0 Å². The molecule has 19 heavy (non-hydrogen) atoms. The molecule has 0 heterocycles. The van der Waals surface area contributed by atoms with E-state index in [-0.39, 0.29) is 5.38 Å². The Morgan fingerprint density at radius 2 is 1.53 bits per heavy atom. The van der Waals surface area contributed by atoms with E-state index in [1.54, 1.807) is 0 Å². The van der Waals surface area contributed by atoms with E-state index in [1.165, 1.54) is 56.1 Å². The van der Waals surface area contributed by atoms with Crippen molar-refractivity contribution in [3.63, 3.8) is 0 Å². The van der Waals surface area contributed by atoms with Gasteiger partial charge in [-0.3, -0.25) is 0 Å². The molecule has 2 rings (SSSR count). The molecule has 1 atom stereocenters. The van der Waals surface area contributed by atoms with Gasteiger partial charge < -0.3 is 0 Å². The summed E-state index contributed by atoms with van der Waals surface area (Å²) >= 11 is 13.0. The molecule has 2 heteroatoms. The molecule has 106 valence electrons. The van der Waals surface area contributed by atoms with Crippen molar-refractivity contribution < 1.29 is 0 Å². The van der Waals surface area contributed by atoms with E-state index in [9.17, 15) is 0 Å². The Kier molecular flexibility index (Phi) is 5.59. The second kappa shape index (κ2) is 6.99. The Hall–Kier alpha value is -0.200. The second-order valence-corrected chi connectivity index (χ2v) is 6.84. The van der Waals surface area contributed by atoms with Gasteiger partial charge in [0, 0.05) is 5.02 Å². The number of aryl methyl sites for hydroxylation is 2. The van der Waals surface area contributed by atoms with Crippen LogP contribution in [0.3, 0.4) is 0 Å². The molecule has 1 aromatic carbocycles. The zero-order chi connectivity index (χ0) is 13.8. The smallest absolute Gasteiger partial charge is 0.0616 e. The number of hydrogen-bond acceptors (Lipinski definition) is 0. The van der Waals surface area contributed by atoms with Gasteiger partial charge in [0.05, 0.1) is 5.38 Å². The highest BCUT2D eigenvalue weighted by atomic mass is 35.5. The number of alkyl halides is 1. The van der Waals surface area contributed by atoms with Gasteiger partial charge in [-0.05, 0) is 55.4 Å². The maximum Gasteiger partial charge on any atom is 0.0616 e. The summed E-state index contributed by atoms with van der Waals surface area (Å²) in [5, 5.41) is 0.997. The molecule has 1 aliphatic rings. The van der Waals surface area contributed by atoms with Crippen molar-refractivity contribution in [3.05, 3.63) is 33.8 Å². The Bertz CT molecular complexity index is 418. The van der Waals surface area contributed by atoms with Gasteiger partial charge in [0.2, 0.25) is 0 Å². The molecule has 0 spiro atoms. The van der Waals surface area contributed by atoms with Gasteiger partial charge in [-0.2, -0.15) is 0 Å². The summed E-state index contributed by atoms with van der Waals surface area (Å²) in [4.78, 5) is 0. The molecular weight excluding hydrogens is 275 g/mol. The largest absolute Gasteiger partial charge is 0.118 e. The standard InChI is InChI=1S/C17H24Cl2/c1-12-11-16(18)13(2)10-15(12)17(19)14-8-6-4-3-5-7-9-14/h10-11,14,17H,3-9H2,1-2H3. The molecule has 0 aromatic heterocycles. The fourth-order valence-electron chi connectivity index (χ4n) is 3.13. The summed E-state index contributed by atoms with van der Waals surface area (Å²) in [7, 11) is 0. The third kappa shape index (κ3) is 3.89. The fourth-order valence-corrected chi connectivity index (χ4v) is 3.84. The van der Waals surface area contributed by atoms with E-state index in [0.717, 1.165) is 10.6 Å². The first-order valence-electron chi connectivity index (χ1n) is 7.50. The first-order chi connectivity index (χ1) is 9.09. The molecule has 0 bridgehead atoms. The summed E-state index contributed by atoms with van der Waals surface area (Å²) in [6.07, 6.45) is 9.36. The Morgan fingerprint density at radius 1 is 0.947 bits per heavy atom. The van der Waals surface area contributed by atoms with Crippen LogP contribution in [0.4, 0.5) is 0 Å². The molecule has 1 saturated carbocycles. The van der Waals surface area contributed by atoms with Crippen molar-refractivity contribution in [2.24, 2.45) is 5.92 Å². The van der Waals surface area contributed by atoms with Gasteiger partial charge in [0.25, 0.3) is 0 Å². The predicted molar refractivity (Wildman–Crippen MR) is 85.3 cm³/mol. The maximum atomic E-state index is 6.80. The van der Waals surface area contributed by atoms with Crippen LogP contribution in [-0.2, 0) is 0 Å². The summed E-state index contributed by atoms with van der Waals surface area (Å²) in [5.74, 6) is 0.626. The predicted octanol–water partition coefficient (Wildman–Crippen LogP) is 6.60. The normalized spacial score (nSPS) is 19.8. The van der Waals surface area contributed by atoms with Crippen LogP contribution in [0.25, 0.3) is 0 Å². The highest BCUT2D eigenvalue weighted by Crippen LogP contribution is 2.39. The quantitative estimate of drug-likeness (QED) is 0.540. The van der Waals surface area contributed by atoms with E-state index in [0.29, 0.717) is 5.92 Å². The lowest BCUT2D eigenvalue weighted by Crippen LogP contribution is -2.11. The maximum absolute atomic E-state index is 6.80. The minimum absolute atomic E-state index is 0.147. The lowest BCUT2D eigenvalue weighted by atomic mass is 9.85. The number of rotatable bonds is 2. The molecule has 0 N–H and O–H groups in total. The molecule has 1 aromatic rings. The van der Waals surface area contributed by atoms with Crippen LogP contribution in [0.15, 0.2) is 12.1 Å². The minimum atomic E-state index is 0.147. The molecule has 0 saturated heterocycles. The van der Waals surface area contributed by atoms with Gasteiger partial charge in [-0.1, -0.05) is 49.8 Å². The third-order valence-electron chi connectivity index (χ3n) is 4.41. The van der Waals surface area contributed by atoms with Crippen LogP contribution in [0.1, 0.15) is 67.0 Å². The van der Waals surface area contributed by atoms with Gasteiger partial charge in [-0.15, -0.1) is 11.6 Å². The average Bonchev–Trinajstić information content (AvgIpc) is 2.32. The molecular formula is C17H24Cl2. The van der Waals surface area contributed by atoms with Crippen LogP contribution in [-0.4, -0.2) is 0 Å². The van der Waals surface area contributed by atoms with E-state index in [1.807, 2.05) is 0 Å².